The Hall–Kier alpha value is -0.710. The molecule has 8 heteroatoms. The number of benzene rings is 1. The minimum Gasteiger partial charge on any atom is -0.491 e. The highest BCUT2D eigenvalue weighted by molar-refractivity contribution is 14.0. The zero-order valence-corrected chi connectivity index (χ0v) is 22.4. The maximum atomic E-state index is 5.93. The molecule has 0 radical (unpaired) electrons. The zero-order chi connectivity index (χ0) is 21.2. The van der Waals surface area contributed by atoms with Gasteiger partial charge in [0.25, 0.3) is 0 Å². The van der Waals surface area contributed by atoms with E-state index in [0.717, 1.165) is 23.8 Å². The number of nitrogens with one attached hydrogen (secondary N) is 2. The molecule has 2 N–H and O–H groups in total. The van der Waals surface area contributed by atoms with Crippen molar-refractivity contribution in [1.29, 1.82) is 0 Å². The first-order valence-electron chi connectivity index (χ1n) is 11.2. The summed E-state index contributed by atoms with van der Waals surface area (Å²) >= 11 is 2.08. The van der Waals surface area contributed by atoms with Crippen LogP contribution in [-0.2, 0) is 11.3 Å². The van der Waals surface area contributed by atoms with E-state index in [1.165, 1.54) is 55.8 Å². The van der Waals surface area contributed by atoms with E-state index in [1.807, 2.05) is 7.05 Å². The van der Waals surface area contributed by atoms with Crippen LogP contribution in [0, 0.1) is 6.92 Å². The number of hydrogen-bond acceptors (Lipinski definition) is 5. The molecule has 2 fully saturated rings. The van der Waals surface area contributed by atoms with E-state index in [1.54, 1.807) is 7.11 Å². The van der Waals surface area contributed by atoms with Crippen LogP contribution in [0.4, 0.5) is 0 Å². The molecule has 1 heterocycles. The number of hydrogen-bond donors (Lipinski definition) is 2. The molecule has 0 unspecified atom stereocenters. The molecule has 0 aromatic heterocycles. The Labute approximate surface area is 209 Å². The Balaban J connectivity index is 0.00000341. The average molecular weight is 563 g/mol. The second-order valence-corrected chi connectivity index (χ2v) is 9.49. The van der Waals surface area contributed by atoms with Gasteiger partial charge in [0.2, 0.25) is 0 Å². The molecule has 1 aliphatic heterocycles. The van der Waals surface area contributed by atoms with Crippen molar-refractivity contribution in [2.24, 2.45) is 4.99 Å². The molecule has 6 nitrogen and oxygen atoms in total. The van der Waals surface area contributed by atoms with Gasteiger partial charge in [-0.15, -0.1) is 24.0 Å². The van der Waals surface area contributed by atoms with E-state index in [4.69, 9.17) is 9.47 Å². The first-order chi connectivity index (χ1) is 14.7. The third-order valence-electron chi connectivity index (χ3n) is 6.24. The van der Waals surface area contributed by atoms with E-state index in [0.29, 0.717) is 19.8 Å². The first kappa shape index (κ1) is 26.5. The van der Waals surface area contributed by atoms with Crippen molar-refractivity contribution in [2.45, 2.75) is 44.7 Å². The van der Waals surface area contributed by atoms with Gasteiger partial charge in [0, 0.05) is 62.9 Å². The summed E-state index contributed by atoms with van der Waals surface area (Å²) in [6, 6.07) is 6.34. The first-order valence-corrected chi connectivity index (χ1v) is 12.3. The summed E-state index contributed by atoms with van der Waals surface area (Å²) < 4.78 is 11.0. The Kier molecular flexibility index (Phi) is 11.8. The molecule has 0 spiro atoms. The SMILES string of the molecule is CN=C(NCc1ccc(C)cc1OCCOC)NCC1(N2CCSCC2)CCCC1.I. The maximum Gasteiger partial charge on any atom is 0.191 e. The number of aryl methyl sites for hydroxylation is 1. The molecule has 1 aromatic carbocycles. The Morgan fingerprint density at radius 2 is 1.90 bits per heavy atom. The van der Waals surface area contributed by atoms with Gasteiger partial charge in [-0.05, 0) is 31.4 Å². The van der Waals surface area contributed by atoms with Gasteiger partial charge in [-0.1, -0.05) is 25.0 Å². The predicted molar refractivity (Wildman–Crippen MR) is 142 cm³/mol. The van der Waals surface area contributed by atoms with Crippen LogP contribution >= 0.6 is 35.7 Å². The summed E-state index contributed by atoms with van der Waals surface area (Å²) in [7, 11) is 3.54. The average Bonchev–Trinajstić information content (AvgIpc) is 3.26. The molecule has 1 saturated carbocycles. The van der Waals surface area contributed by atoms with Crippen LogP contribution in [0.5, 0.6) is 5.75 Å². The summed E-state index contributed by atoms with van der Waals surface area (Å²) in [4.78, 5) is 7.21. The van der Waals surface area contributed by atoms with Crippen LogP contribution in [-0.4, -0.2) is 74.9 Å². The Morgan fingerprint density at radius 1 is 1.16 bits per heavy atom. The topological polar surface area (TPSA) is 58.1 Å². The number of guanidine groups is 1. The van der Waals surface area contributed by atoms with Crippen molar-refractivity contribution in [3.63, 3.8) is 0 Å². The van der Waals surface area contributed by atoms with E-state index in [-0.39, 0.29) is 29.5 Å². The molecule has 31 heavy (non-hydrogen) atoms. The molecule has 1 aliphatic carbocycles. The van der Waals surface area contributed by atoms with Crippen molar-refractivity contribution in [2.75, 3.05) is 58.5 Å². The van der Waals surface area contributed by atoms with Gasteiger partial charge in [0.15, 0.2) is 5.96 Å². The monoisotopic (exact) mass is 562 g/mol. The lowest BCUT2D eigenvalue weighted by Crippen LogP contribution is -2.57. The van der Waals surface area contributed by atoms with Crippen molar-refractivity contribution in [3.8, 4) is 5.75 Å². The number of rotatable bonds is 9. The largest absolute Gasteiger partial charge is 0.491 e. The fraction of sp³-hybridized carbons (Fsp3) is 0.696. The predicted octanol–water partition coefficient (Wildman–Crippen LogP) is 3.66. The van der Waals surface area contributed by atoms with Gasteiger partial charge in [-0.3, -0.25) is 9.89 Å². The second kappa shape index (κ2) is 13.7. The molecular weight excluding hydrogens is 523 g/mol. The summed E-state index contributed by atoms with van der Waals surface area (Å²) in [5.41, 5.74) is 2.61. The van der Waals surface area contributed by atoms with Crippen LogP contribution in [0.25, 0.3) is 0 Å². The van der Waals surface area contributed by atoms with E-state index < -0.39 is 0 Å². The highest BCUT2D eigenvalue weighted by Gasteiger charge is 2.39. The molecule has 176 valence electrons. The minimum absolute atomic E-state index is 0. The lowest BCUT2D eigenvalue weighted by Gasteiger charge is -2.43. The maximum absolute atomic E-state index is 5.93. The van der Waals surface area contributed by atoms with E-state index >= 15 is 0 Å². The van der Waals surface area contributed by atoms with Crippen molar-refractivity contribution in [1.82, 2.24) is 15.5 Å². The molecule has 3 rings (SSSR count). The normalized spacial score (nSPS) is 19.0. The van der Waals surface area contributed by atoms with Crippen molar-refractivity contribution < 1.29 is 9.47 Å². The number of methoxy groups -OCH3 is 1. The van der Waals surface area contributed by atoms with Crippen LogP contribution in [0.3, 0.4) is 0 Å². The number of nitrogens with zero attached hydrogens (tertiary/aromatic N) is 2. The number of aliphatic imine (C=N–C) groups is 1. The number of ether oxygens (including phenoxy) is 2. The second-order valence-electron chi connectivity index (χ2n) is 8.26. The summed E-state index contributed by atoms with van der Waals surface area (Å²) in [5.74, 6) is 4.28. The highest BCUT2D eigenvalue weighted by atomic mass is 127. The Bertz CT molecular complexity index is 692. The summed E-state index contributed by atoms with van der Waals surface area (Å²) in [6.45, 7) is 7.28. The van der Waals surface area contributed by atoms with Gasteiger partial charge in [-0.25, -0.2) is 0 Å². The molecule has 1 saturated heterocycles. The number of halogens is 1. The van der Waals surface area contributed by atoms with Crippen molar-refractivity contribution >= 4 is 41.7 Å². The van der Waals surface area contributed by atoms with Crippen LogP contribution in [0.15, 0.2) is 23.2 Å². The standard InChI is InChI=1S/C23H38N4O2S.HI/c1-19-6-7-20(21(16-19)29-13-12-28-3)17-25-22(24-2)26-18-23(8-4-5-9-23)27-10-14-30-15-11-27;/h6-7,16H,4-5,8-15,17-18H2,1-3H3,(H2,24,25,26);1H. The Morgan fingerprint density at radius 3 is 2.58 bits per heavy atom. The summed E-state index contributed by atoms with van der Waals surface area (Å²) in [5, 5.41) is 7.12. The van der Waals surface area contributed by atoms with Gasteiger partial charge in [0.05, 0.1) is 6.61 Å². The number of thioether (sulfide) groups is 1. The van der Waals surface area contributed by atoms with Crippen LogP contribution in [0.2, 0.25) is 0 Å². The van der Waals surface area contributed by atoms with Gasteiger partial charge in [-0.2, -0.15) is 11.8 Å². The fourth-order valence-electron chi connectivity index (χ4n) is 4.50. The molecule has 1 aromatic rings. The lowest BCUT2D eigenvalue weighted by molar-refractivity contribution is 0.107. The quantitative estimate of drug-likeness (QED) is 0.208. The molecule has 0 bridgehead atoms. The molecule has 0 atom stereocenters. The van der Waals surface area contributed by atoms with Gasteiger partial charge in [0.1, 0.15) is 12.4 Å². The van der Waals surface area contributed by atoms with Crippen molar-refractivity contribution in [3.05, 3.63) is 29.3 Å². The minimum atomic E-state index is 0. The third-order valence-corrected chi connectivity index (χ3v) is 7.18. The fourth-order valence-corrected chi connectivity index (χ4v) is 5.40. The van der Waals surface area contributed by atoms with E-state index in [2.05, 4.69) is 57.4 Å². The molecule has 0 amide bonds. The van der Waals surface area contributed by atoms with Crippen LogP contribution < -0.4 is 15.4 Å². The highest BCUT2D eigenvalue weighted by Crippen LogP contribution is 2.36. The van der Waals surface area contributed by atoms with Gasteiger partial charge < -0.3 is 20.1 Å². The van der Waals surface area contributed by atoms with Gasteiger partial charge >= 0.3 is 0 Å². The van der Waals surface area contributed by atoms with E-state index in [9.17, 15) is 0 Å². The lowest BCUT2D eigenvalue weighted by atomic mass is 9.94. The third kappa shape index (κ3) is 7.68. The summed E-state index contributed by atoms with van der Waals surface area (Å²) in [6.07, 6.45) is 5.25. The zero-order valence-electron chi connectivity index (χ0n) is 19.2. The molecule has 2 aliphatic rings. The molecular formula is C23H39IN4O2S. The smallest absolute Gasteiger partial charge is 0.191 e. The van der Waals surface area contributed by atoms with Crippen LogP contribution in [0.1, 0.15) is 36.8 Å².